The zero-order chi connectivity index (χ0) is 7.52. The molecule has 0 saturated heterocycles. The second-order valence-electron chi connectivity index (χ2n) is 2.54. The predicted molar refractivity (Wildman–Crippen MR) is 41.3 cm³/mol. The standard InChI is InChI=1S/C8H9N3/c1-2-5-9-7(3-1)8-4-6-10-11-8/h1-3,5,8H,4,6H2. The molecule has 2 heterocycles. The van der Waals surface area contributed by atoms with Crippen LogP contribution in [-0.2, 0) is 0 Å². The first kappa shape index (κ1) is 6.46. The van der Waals surface area contributed by atoms with Crippen LogP contribution in [0.4, 0.5) is 0 Å². The number of nitrogens with zero attached hydrogens (tertiary/aromatic N) is 3. The fraction of sp³-hybridized carbons (Fsp3) is 0.375. The number of azo groups is 1. The third-order valence-electron chi connectivity index (χ3n) is 1.75. The summed E-state index contributed by atoms with van der Waals surface area (Å²) in [6.07, 6.45) is 2.81. The molecule has 0 amide bonds. The summed E-state index contributed by atoms with van der Waals surface area (Å²) in [4.78, 5) is 4.21. The van der Waals surface area contributed by atoms with Gasteiger partial charge in [0, 0.05) is 6.20 Å². The van der Waals surface area contributed by atoms with E-state index in [4.69, 9.17) is 0 Å². The molecule has 3 nitrogen and oxygen atoms in total. The Morgan fingerprint density at radius 1 is 1.36 bits per heavy atom. The summed E-state index contributed by atoms with van der Waals surface area (Å²) in [6.45, 7) is 0.848. The molecule has 2 rings (SSSR count). The summed E-state index contributed by atoms with van der Waals surface area (Å²) in [6, 6.07) is 6.11. The molecule has 11 heavy (non-hydrogen) atoms. The number of hydrogen-bond acceptors (Lipinski definition) is 3. The molecule has 0 bridgehead atoms. The molecule has 0 radical (unpaired) electrons. The summed E-state index contributed by atoms with van der Waals surface area (Å²) in [5.74, 6) is 0. The quantitative estimate of drug-likeness (QED) is 0.598. The second kappa shape index (κ2) is 2.78. The van der Waals surface area contributed by atoms with Crippen LogP contribution in [0, 0.1) is 0 Å². The van der Waals surface area contributed by atoms with Gasteiger partial charge < -0.3 is 0 Å². The molecule has 3 heteroatoms. The smallest absolute Gasteiger partial charge is 0.115 e. The lowest BCUT2D eigenvalue weighted by atomic mass is 10.1. The first-order chi connectivity index (χ1) is 5.47. The highest BCUT2D eigenvalue weighted by Crippen LogP contribution is 2.23. The third kappa shape index (κ3) is 1.27. The van der Waals surface area contributed by atoms with Crippen molar-refractivity contribution in [1.82, 2.24) is 4.98 Å². The van der Waals surface area contributed by atoms with Gasteiger partial charge in [-0.15, -0.1) is 0 Å². The number of rotatable bonds is 1. The Hall–Kier alpha value is -1.25. The molecule has 0 N–H and O–H groups in total. The second-order valence-corrected chi connectivity index (χ2v) is 2.54. The minimum atomic E-state index is 0.219. The maximum atomic E-state index is 4.21. The van der Waals surface area contributed by atoms with Gasteiger partial charge in [0.25, 0.3) is 0 Å². The van der Waals surface area contributed by atoms with Crippen molar-refractivity contribution < 1.29 is 0 Å². The Kier molecular flexibility index (Phi) is 1.63. The van der Waals surface area contributed by atoms with Gasteiger partial charge in [-0.3, -0.25) is 4.98 Å². The van der Waals surface area contributed by atoms with E-state index < -0.39 is 0 Å². The van der Waals surface area contributed by atoms with Gasteiger partial charge in [-0.1, -0.05) is 6.07 Å². The molecule has 0 aromatic carbocycles. The van der Waals surface area contributed by atoms with Crippen LogP contribution >= 0.6 is 0 Å². The lowest BCUT2D eigenvalue weighted by molar-refractivity contribution is 0.714. The third-order valence-corrected chi connectivity index (χ3v) is 1.75. The first-order valence-electron chi connectivity index (χ1n) is 3.74. The highest BCUT2D eigenvalue weighted by atomic mass is 15.2. The summed E-state index contributed by atoms with van der Waals surface area (Å²) in [5, 5.41) is 7.99. The van der Waals surface area contributed by atoms with Crippen molar-refractivity contribution in [2.45, 2.75) is 12.5 Å². The molecule has 56 valence electrons. The topological polar surface area (TPSA) is 37.6 Å². The van der Waals surface area contributed by atoms with Crippen LogP contribution in [0.5, 0.6) is 0 Å². The Morgan fingerprint density at radius 2 is 2.36 bits per heavy atom. The van der Waals surface area contributed by atoms with E-state index in [1.807, 2.05) is 18.2 Å². The van der Waals surface area contributed by atoms with Gasteiger partial charge in [0.15, 0.2) is 0 Å². The van der Waals surface area contributed by atoms with Crippen molar-refractivity contribution in [3.05, 3.63) is 30.1 Å². The Bertz CT molecular complexity index is 255. The molecule has 1 aliphatic rings. The van der Waals surface area contributed by atoms with Crippen molar-refractivity contribution in [3.8, 4) is 0 Å². The maximum Gasteiger partial charge on any atom is 0.115 e. The van der Waals surface area contributed by atoms with Crippen molar-refractivity contribution in [3.63, 3.8) is 0 Å². The van der Waals surface area contributed by atoms with Crippen LogP contribution in [0.15, 0.2) is 34.6 Å². The summed E-state index contributed by atoms with van der Waals surface area (Å²) in [7, 11) is 0. The van der Waals surface area contributed by atoms with Gasteiger partial charge in [-0.25, -0.2) is 0 Å². The largest absolute Gasteiger partial charge is 0.259 e. The lowest BCUT2D eigenvalue weighted by Gasteiger charge is -2.01. The summed E-state index contributed by atoms with van der Waals surface area (Å²) >= 11 is 0. The van der Waals surface area contributed by atoms with Crippen LogP contribution < -0.4 is 0 Å². The zero-order valence-electron chi connectivity index (χ0n) is 6.14. The van der Waals surface area contributed by atoms with Crippen molar-refractivity contribution >= 4 is 0 Å². The van der Waals surface area contributed by atoms with Gasteiger partial charge in [0.2, 0.25) is 0 Å². The molecular formula is C8H9N3. The minimum absolute atomic E-state index is 0.219. The maximum absolute atomic E-state index is 4.21. The minimum Gasteiger partial charge on any atom is -0.259 e. The van der Waals surface area contributed by atoms with Crippen molar-refractivity contribution in [2.75, 3.05) is 6.54 Å². The van der Waals surface area contributed by atoms with E-state index in [0.717, 1.165) is 18.7 Å². The van der Waals surface area contributed by atoms with Gasteiger partial charge in [0.1, 0.15) is 6.04 Å². The van der Waals surface area contributed by atoms with Gasteiger partial charge >= 0.3 is 0 Å². The van der Waals surface area contributed by atoms with E-state index in [-0.39, 0.29) is 6.04 Å². The van der Waals surface area contributed by atoms with Gasteiger partial charge in [-0.05, 0) is 18.6 Å². The van der Waals surface area contributed by atoms with Crippen LogP contribution in [0.3, 0.4) is 0 Å². The van der Waals surface area contributed by atoms with Gasteiger partial charge in [0.05, 0.1) is 12.2 Å². The van der Waals surface area contributed by atoms with E-state index in [1.54, 1.807) is 6.20 Å². The van der Waals surface area contributed by atoms with Crippen LogP contribution in [0.2, 0.25) is 0 Å². The summed E-state index contributed by atoms with van der Waals surface area (Å²) < 4.78 is 0. The van der Waals surface area contributed by atoms with E-state index >= 15 is 0 Å². The zero-order valence-corrected chi connectivity index (χ0v) is 6.14. The molecule has 0 spiro atoms. The van der Waals surface area contributed by atoms with E-state index in [1.165, 1.54) is 0 Å². The molecule has 1 aromatic rings. The Balaban J connectivity index is 2.23. The molecule has 0 saturated carbocycles. The summed E-state index contributed by atoms with van der Waals surface area (Å²) in [5.41, 5.74) is 1.04. The average molecular weight is 147 g/mol. The fourth-order valence-electron chi connectivity index (χ4n) is 1.17. The monoisotopic (exact) mass is 147 g/mol. The van der Waals surface area contributed by atoms with E-state index in [2.05, 4.69) is 15.2 Å². The highest BCUT2D eigenvalue weighted by Gasteiger charge is 2.14. The molecule has 1 aliphatic heterocycles. The van der Waals surface area contributed by atoms with E-state index in [9.17, 15) is 0 Å². The lowest BCUT2D eigenvalue weighted by Crippen LogP contribution is -1.94. The number of aromatic nitrogens is 1. The van der Waals surface area contributed by atoms with Crippen LogP contribution in [0.1, 0.15) is 18.2 Å². The molecular weight excluding hydrogens is 138 g/mol. The molecule has 1 aromatic heterocycles. The van der Waals surface area contributed by atoms with Crippen LogP contribution in [0.25, 0.3) is 0 Å². The Morgan fingerprint density at radius 3 is 3.00 bits per heavy atom. The van der Waals surface area contributed by atoms with Crippen LogP contribution in [-0.4, -0.2) is 11.5 Å². The first-order valence-corrected chi connectivity index (χ1v) is 3.74. The predicted octanol–water partition coefficient (Wildman–Crippen LogP) is 1.98. The van der Waals surface area contributed by atoms with Crippen molar-refractivity contribution in [2.24, 2.45) is 10.2 Å². The number of hydrogen-bond donors (Lipinski definition) is 0. The van der Waals surface area contributed by atoms with Crippen molar-refractivity contribution in [1.29, 1.82) is 0 Å². The van der Waals surface area contributed by atoms with E-state index in [0.29, 0.717) is 0 Å². The normalized spacial score (nSPS) is 22.4. The molecule has 1 atom stereocenters. The number of pyridine rings is 1. The average Bonchev–Trinajstić information content (AvgIpc) is 2.58. The fourth-order valence-corrected chi connectivity index (χ4v) is 1.17. The van der Waals surface area contributed by atoms with Gasteiger partial charge in [-0.2, -0.15) is 10.2 Å². The molecule has 0 aliphatic carbocycles. The SMILES string of the molecule is c1ccc(C2CCN=N2)nc1. The highest BCUT2D eigenvalue weighted by molar-refractivity contribution is 5.09. The molecule has 0 fully saturated rings. The molecule has 1 unspecified atom stereocenters. The Labute approximate surface area is 65.2 Å².